The minimum atomic E-state index is -0.187. The summed E-state index contributed by atoms with van der Waals surface area (Å²) in [5.74, 6) is -0.152. The molecule has 0 aliphatic heterocycles. The molecule has 0 bridgehead atoms. The predicted molar refractivity (Wildman–Crippen MR) is 97.5 cm³/mol. The monoisotopic (exact) mass is 349 g/mol. The van der Waals surface area contributed by atoms with Crippen molar-refractivity contribution in [3.05, 3.63) is 62.6 Å². The number of benzene rings is 1. The minimum Gasteiger partial charge on any atom is -0.352 e. The number of aromatic nitrogens is 3. The lowest BCUT2D eigenvalue weighted by Crippen LogP contribution is -2.25. The van der Waals surface area contributed by atoms with Crippen molar-refractivity contribution >= 4 is 16.9 Å². The van der Waals surface area contributed by atoms with E-state index in [1.54, 1.807) is 29.9 Å². The van der Waals surface area contributed by atoms with Crippen LogP contribution in [0, 0.1) is 25.2 Å². The molecule has 2 N–H and O–H groups in total. The van der Waals surface area contributed by atoms with Crippen molar-refractivity contribution in [2.24, 2.45) is 7.05 Å². The van der Waals surface area contributed by atoms with E-state index in [0.717, 1.165) is 22.4 Å². The number of amides is 1. The zero-order valence-corrected chi connectivity index (χ0v) is 14.9. The van der Waals surface area contributed by atoms with Crippen molar-refractivity contribution in [1.29, 1.82) is 5.26 Å². The van der Waals surface area contributed by atoms with Gasteiger partial charge in [0, 0.05) is 19.3 Å². The quantitative estimate of drug-likeness (QED) is 0.747. The first kappa shape index (κ1) is 17.4. The summed E-state index contributed by atoms with van der Waals surface area (Å²) in [5.41, 5.74) is 4.16. The normalized spacial score (nSPS) is 10.7. The number of rotatable bonds is 4. The van der Waals surface area contributed by atoms with E-state index in [1.807, 2.05) is 19.9 Å². The molecule has 7 heteroatoms. The van der Waals surface area contributed by atoms with E-state index in [9.17, 15) is 9.59 Å². The summed E-state index contributed by atoms with van der Waals surface area (Å²) in [5, 5.41) is 15.1. The Kier molecular flexibility index (Phi) is 4.59. The zero-order chi connectivity index (χ0) is 18.8. The van der Waals surface area contributed by atoms with Crippen LogP contribution >= 0.6 is 0 Å². The fourth-order valence-electron chi connectivity index (χ4n) is 3.09. The topological polar surface area (TPSA) is 104 Å². The van der Waals surface area contributed by atoms with Gasteiger partial charge in [-0.2, -0.15) is 5.26 Å². The number of pyridine rings is 1. The summed E-state index contributed by atoms with van der Waals surface area (Å²) in [4.78, 5) is 28.8. The molecular formula is C19H19N5O2. The summed E-state index contributed by atoms with van der Waals surface area (Å²) in [6.07, 6.45) is 0.190. The van der Waals surface area contributed by atoms with Crippen molar-refractivity contribution in [3.63, 3.8) is 0 Å². The maximum absolute atomic E-state index is 12.3. The zero-order valence-electron chi connectivity index (χ0n) is 14.9. The van der Waals surface area contributed by atoms with E-state index in [1.165, 1.54) is 0 Å². The minimum absolute atomic E-state index is 0.152. The molecule has 0 aliphatic rings. The van der Waals surface area contributed by atoms with Gasteiger partial charge < -0.3 is 5.32 Å². The van der Waals surface area contributed by atoms with Gasteiger partial charge in [-0.3, -0.25) is 19.4 Å². The second-order valence-electron chi connectivity index (χ2n) is 6.27. The summed E-state index contributed by atoms with van der Waals surface area (Å²) in [7, 11) is 1.74. The number of hydrogen-bond acceptors (Lipinski definition) is 4. The Morgan fingerprint density at radius 2 is 2.15 bits per heavy atom. The first-order valence-corrected chi connectivity index (χ1v) is 8.21. The van der Waals surface area contributed by atoms with Crippen LogP contribution in [-0.2, 0) is 24.8 Å². The Bertz CT molecular complexity index is 1100. The fraction of sp³-hybridized carbons (Fsp3) is 0.263. The third kappa shape index (κ3) is 3.22. The Balaban J connectivity index is 1.79. The van der Waals surface area contributed by atoms with Gasteiger partial charge in [0.1, 0.15) is 0 Å². The van der Waals surface area contributed by atoms with Gasteiger partial charge in [-0.15, -0.1) is 0 Å². The van der Waals surface area contributed by atoms with Gasteiger partial charge in [0.05, 0.1) is 23.4 Å². The van der Waals surface area contributed by atoms with Crippen molar-refractivity contribution in [2.45, 2.75) is 26.8 Å². The molecule has 2 heterocycles. The first-order valence-electron chi connectivity index (χ1n) is 8.21. The Hall–Kier alpha value is -3.40. The second-order valence-corrected chi connectivity index (χ2v) is 6.27. The first-order chi connectivity index (χ1) is 12.4. The summed E-state index contributed by atoms with van der Waals surface area (Å²) >= 11 is 0. The van der Waals surface area contributed by atoms with Gasteiger partial charge in [-0.05, 0) is 42.7 Å². The van der Waals surface area contributed by atoms with Crippen LogP contribution in [0.1, 0.15) is 27.9 Å². The number of nitrogens with zero attached hydrogens (tertiary/aromatic N) is 3. The average Bonchev–Trinajstić information content (AvgIpc) is 2.88. The highest BCUT2D eigenvalue weighted by molar-refractivity contribution is 5.81. The molecule has 132 valence electrons. The Morgan fingerprint density at radius 1 is 1.38 bits per heavy atom. The number of nitriles is 1. The second kappa shape index (κ2) is 6.84. The summed E-state index contributed by atoms with van der Waals surface area (Å²) in [6.45, 7) is 4.03. The number of carbonyl (C=O) groups excluding carboxylic acids is 1. The average molecular weight is 349 g/mol. The highest BCUT2D eigenvalue weighted by Crippen LogP contribution is 2.19. The molecule has 2 aromatic heterocycles. The van der Waals surface area contributed by atoms with Crippen LogP contribution in [0.4, 0.5) is 0 Å². The number of nitrogens with one attached hydrogen (secondary N) is 2. The molecule has 1 amide bonds. The molecule has 0 unspecified atom stereocenters. The van der Waals surface area contributed by atoms with Crippen LogP contribution in [-0.4, -0.2) is 20.7 Å². The van der Waals surface area contributed by atoms with Crippen LogP contribution in [0.25, 0.3) is 11.0 Å². The lowest BCUT2D eigenvalue weighted by molar-refractivity contribution is -0.120. The van der Waals surface area contributed by atoms with Crippen molar-refractivity contribution < 1.29 is 4.79 Å². The van der Waals surface area contributed by atoms with Crippen LogP contribution in [0.15, 0.2) is 29.1 Å². The number of aromatic amines is 1. The van der Waals surface area contributed by atoms with Crippen LogP contribution < -0.4 is 10.9 Å². The van der Waals surface area contributed by atoms with E-state index in [4.69, 9.17) is 5.26 Å². The molecule has 7 nitrogen and oxygen atoms in total. The van der Waals surface area contributed by atoms with Crippen molar-refractivity contribution in [3.8, 4) is 6.07 Å². The highest BCUT2D eigenvalue weighted by atomic mass is 16.1. The molecule has 1 aromatic carbocycles. The van der Waals surface area contributed by atoms with Crippen LogP contribution in [0.5, 0.6) is 0 Å². The molecule has 0 saturated heterocycles. The van der Waals surface area contributed by atoms with E-state index >= 15 is 0 Å². The molecule has 26 heavy (non-hydrogen) atoms. The van der Waals surface area contributed by atoms with Gasteiger partial charge in [0.15, 0.2) is 5.65 Å². The maximum Gasteiger partial charge on any atom is 0.273 e. The molecule has 0 aliphatic carbocycles. The molecule has 0 saturated carbocycles. The summed E-state index contributed by atoms with van der Waals surface area (Å²) in [6, 6.07) is 9.04. The molecule has 0 spiro atoms. The number of carbonyl (C=O) groups is 1. The lowest BCUT2D eigenvalue weighted by Gasteiger charge is -2.12. The van der Waals surface area contributed by atoms with E-state index in [2.05, 4.69) is 21.5 Å². The van der Waals surface area contributed by atoms with Gasteiger partial charge in [-0.25, -0.2) is 4.98 Å². The Labute approximate surface area is 150 Å². The highest BCUT2D eigenvalue weighted by Gasteiger charge is 2.15. The van der Waals surface area contributed by atoms with E-state index in [0.29, 0.717) is 23.1 Å². The predicted octanol–water partition coefficient (Wildman–Crippen LogP) is 1.61. The van der Waals surface area contributed by atoms with Gasteiger partial charge in [0.25, 0.3) is 5.56 Å². The molecule has 0 radical (unpaired) electrons. The van der Waals surface area contributed by atoms with Gasteiger partial charge in [-0.1, -0.05) is 12.1 Å². The van der Waals surface area contributed by atoms with E-state index in [-0.39, 0.29) is 17.9 Å². The molecule has 3 rings (SSSR count). The molecule has 0 atom stereocenters. The maximum atomic E-state index is 12.3. The standard InChI is InChI=1S/C19H19N5O2/c1-11-15(12(2)22-18-17(11)19(26)23-24(18)3)10-21-16(25)8-13-5-4-6-14(7-13)9-20/h4-7H,8,10H2,1-3H3,(H,21,25)(H,23,26). The lowest BCUT2D eigenvalue weighted by atomic mass is 10.0. The SMILES string of the molecule is Cc1nc2c(c(C)c1CNC(=O)Cc1cccc(C#N)c1)c(=O)[nH]n2C. The largest absolute Gasteiger partial charge is 0.352 e. The number of aryl methyl sites for hydroxylation is 3. The smallest absolute Gasteiger partial charge is 0.273 e. The number of hydrogen-bond donors (Lipinski definition) is 2. The molecular weight excluding hydrogens is 330 g/mol. The third-order valence-electron chi connectivity index (χ3n) is 4.46. The van der Waals surface area contributed by atoms with Gasteiger partial charge in [0.2, 0.25) is 5.91 Å². The molecule has 0 fully saturated rings. The Morgan fingerprint density at radius 3 is 2.88 bits per heavy atom. The third-order valence-corrected chi connectivity index (χ3v) is 4.46. The number of fused-ring (bicyclic) bond motifs is 1. The fourth-order valence-corrected chi connectivity index (χ4v) is 3.09. The van der Waals surface area contributed by atoms with Gasteiger partial charge >= 0.3 is 0 Å². The van der Waals surface area contributed by atoms with Crippen molar-refractivity contribution in [1.82, 2.24) is 20.1 Å². The van der Waals surface area contributed by atoms with E-state index < -0.39 is 0 Å². The number of H-pyrrole nitrogens is 1. The van der Waals surface area contributed by atoms with Crippen LogP contribution in [0.3, 0.4) is 0 Å². The van der Waals surface area contributed by atoms with Crippen LogP contribution in [0.2, 0.25) is 0 Å². The molecule has 3 aromatic rings. The van der Waals surface area contributed by atoms with Crippen molar-refractivity contribution in [2.75, 3.05) is 0 Å². The summed E-state index contributed by atoms with van der Waals surface area (Å²) < 4.78 is 1.60.